The minimum absolute atomic E-state index is 0.0303. The number of hydrogen-bond donors (Lipinski definition) is 3. The molecule has 4 N–H and O–H groups in total. The Morgan fingerprint density at radius 3 is 2.74 bits per heavy atom. The molecule has 0 bridgehead atoms. The van der Waals surface area contributed by atoms with Crippen LogP contribution in [-0.4, -0.2) is 50.2 Å². The van der Waals surface area contributed by atoms with E-state index in [2.05, 4.69) is 5.32 Å². The molecule has 19 heavy (non-hydrogen) atoms. The molecule has 6 nitrogen and oxygen atoms in total. The van der Waals surface area contributed by atoms with E-state index in [4.69, 9.17) is 10.5 Å². The lowest BCUT2D eigenvalue weighted by Crippen LogP contribution is -2.37. The molecule has 0 saturated carbocycles. The number of amides is 1. The lowest BCUT2D eigenvalue weighted by Gasteiger charge is -2.18. The molecule has 1 amide bonds. The Kier molecular flexibility index (Phi) is 5.59. The maximum atomic E-state index is 11.5. The van der Waals surface area contributed by atoms with E-state index < -0.39 is 11.9 Å². The molecule has 0 aliphatic rings. The van der Waals surface area contributed by atoms with E-state index >= 15 is 0 Å². The van der Waals surface area contributed by atoms with Gasteiger partial charge in [-0.15, -0.1) is 0 Å². The summed E-state index contributed by atoms with van der Waals surface area (Å²) in [5, 5.41) is 12.6. The Bertz CT molecular complexity index is 435. The second-order valence-electron chi connectivity index (χ2n) is 4.52. The lowest BCUT2D eigenvalue weighted by atomic mass is 10.1. The summed E-state index contributed by atoms with van der Waals surface area (Å²) in [4.78, 5) is 13.5. The van der Waals surface area contributed by atoms with Gasteiger partial charge in [-0.3, -0.25) is 4.79 Å². The second-order valence-corrected chi connectivity index (χ2v) is 4.52. The van der Waals surface area contributed by atoms with Gasteiger partial charge in [0.25, 0.3) is 0 Å². The SMILES string of the molecule is COc1cc(C(NCCN(C)C)C(N)=O)ccc1O. The van der Waals surface area contributed by atoms with Crippen LogP contribution in [0.4, 0.5) is 0 Å². The molecule has 0 spiro atoms. The van der Waals surface area contributed by atoms with Gasteiger partial charge >= 0.3 is 0 Å². The van der Waals surface area contributed by atoms with Crippen molar-refractivity contribution in [2.45, 2.75) is 6.04 Å². The normalized spacial score (nSPS) is 12.4. The summed E-state index contributed by atoms with van der Waals surface area (Å²) in [7, 11) is 5.35. The number of benzene rings is 1. The van der Waals surface area contributed by atoms with Crippen molar-refractivity contribution in [2.24, 2.45) is 5.73 Å². The van der Waals surface area contributed by atoms with E-state index in [1.807, 2.05) is 19.0 Å². The van der Waals surface area contributed by atoms with Crippen molar-refractivity contribution in [3.63, 3.8) is 0 Å². The predicted octanol–water partition coefficient (Wildman–Crippen LogP) is 0.0784. The van der Waals surface area contributed by atoms with E-state index in [-0.39, 0.29) is 5.75 Å². The van der Waals surface area contributed by atoms with Crippen molar-refractivity contribution in [1.29, 1.82) is 0 Å². The van der Waals surface area contributed by atoms with Crippen LogP contribution in [0, 0.1) is 0 Å². The summed E-state index contributed by atoms with van der Waals surface area (Å²) in [6.07, 6.45) is 0. The van der Waals surface area contributed by atoms with Crippen molar-refractivity contribution < 1.29 is 14.6 Å². The van der Waals surface area contributed by atoms with Crippen molar-refractivity contribution in [3.8, 4) is 11.5 Å². The summed E-state index contributed by atoms with van der Waals surface area (Å²) in [5.41, 5.74) is 6.06. The largest absolute Gasteiger partial charge is 0.504 e. The van der Waals surface area contributed by atoms with Gasteiger partial charge in [-0.2, -0.15) is 0 Å². The Hall–Kier alpha value is -1.79. The average Bonchev–Trinajstić information content (AvgIpc) is 2.35. The zero-order valence-electron chi connectivity index (χ0n) is 11.5. The summed E-state index contributed by atoms with van der Waals surface area (Å²) >= 11 is 0. The first-order valence-electron chi connectivity index (χ1n) is 6.00. The summed E-state index contributed by atoms with van der Waals surface area (Å²) < 4.78 is 5.02. The summed E-state index contributed by atoms with van der Waals surface area (Å²) in [6, 6.07) is 4.13. The molecule has 1 atom stereocenters. The van der Waals surface area contributed by atoms with Crippen LogP contribution in [0.25, 0.3) is 0 Å². The van der Waals surface area contributed by atoms with Crippen LogP contribution in [0.5, 0.6) is 11.5 Å². The van der Waals surface area contributed by atoms with E-state index in [0.29, 0.717) is 17.9 Å². The van der Waals surface area contributed by atoms with Gasteiger partial charge in [0.15, 0.2) is 11.5 Å². The molecule has 1 unspecified atom stereocenters. The van der Waals surface area contributed by atoms with Crippen LogP contribution in [0.1, 0.15) is 11.6 Å². The van der Waals surface area contributed by atoms with Gasteiger partial charge in [0.1, 0.15) is 6.04 Å². The minimum atomic E-state index is -0.602. The number of aromatic hydroxyl groups is 1. The van der Waals surface area contributed by atoms with Crippen LogP contribution in [0.2, 0.25) is 0 Å². The molecule has 106 valence electrons. The quantitative estimate of drug-likeness (QED) is 0.651. The highest BCUT2D eigenvalue weighted by molar-refractivity contribution is 5.81. The highest BCUT2D eigenvalue weighted by atomic mass is 16.5. The van der Waals surface area contributed by atoms with Crippen molar-refractivity contribution >= 4 is 5.91 Å². The number of hydrogen-bond acceptors (Lipinski definition) is 5. The molecule has 0 fully saturated rings. The van der Waals surface area contributed by atoms with Crippen LogP contribution >= 0.6 is 0 Å². The van der Waals surface area contributed by atoms with Gasteiger partial charge in [-0.05, 0) is 31.8 Å². The maximum Gasteiger partial charge on any atom is 0.239 e. The van der Waals surface area contributed by atoms with Crippen molar-refractivity contribution in [2.75, 3.05) is 34.3 Å². The topological polar surface area (TPSA) is 87.8 Å². The van der Waals surface area contributed by atoms with Crippen LogP contribution < -0.4 is 15.8 Å². The molecule has 0 heterocycles. The number of nitrogens with zero attached hydrogens (tertiary/aromatic N) is 1. The van der Waals surface area contributed by atoms with Gasteiger partial charge in [-0.1, -0.05) is 6.07 Å². The highest BCUT2D eigenvalue weighted by Crippen LogP contribution is 2.28. The van der Waals surface area contributed by atoms with E-state index in [1.165, 1.54) is 13.2 Å². The van der Waals surface area contributed by atoms with Gasteiger partial charge in [0, 0.05) is 13.1 Å². The van der Waals surface area contributed by atoms with Gasteiger partial charge in [0.05, 0.1) is 7.11 Å². The molecule has 1 aromatic rings. The van der Waals surface area contributed by atoms with Gasteiger partial charge < -0.3 is 25.8 Å². The molecule has 0 aliphatic heterocycles. The molecule has 6 heteroatoms. The third-order valence-electron chi connectivity index (χ3n) is 2.73. The average molecular weight is 267 g/mol. The van der Waals surface area contributed by atoms with Gasteiger partial charge in [0.2, 0.25) is 5.91 Å². The van der Waals surface area contributed by atoms with Crippen LogP contribution in [0.15, 0.2) is 18.2 Å². The molecular formula is C13H21N3O3. The first-order chi connectivity index (χ1) is 8.95. The van der Waals surface area contributed by atoms with Crippen molar-refractivity contribution in [1.82, 2.24) is 10.2 Å². The molecule has 0 radical (unpaired) electrons. The van der Waals surface area contributed by atoms with Gasteiger partial charge in [-0.25, -0.2) is 0 Å². The standard InChI is InChI=1S/C13H21N3O3/c1-16(2)7-6-15-12(13(14)18)9-4-5-10(17)11(8-9)19-3/h4-5,8,12,15,17H,6-7H2,1-3H3,(H2,14,18). The molecule has 0 aliphatic carbocycles. The number of nitrogens with one attached hydrogen (secondary N) is 1. The predicted molar refractivity (Wildman–Crippen MR) is 73.2 cm³/mol. The van der Waals surface area contributed by atoms with Crippen LogP contribution in [0.3, 0.4) is 0 Å². The number of methoxy groups -OCH3 is 1. The number of phenols is 1. The summed E-state index contributed by atoms with van der Waals surface area (Å²) in [6.45, 7) is 1.42. The fourth-order valence-electron chi connectivity index (χ4n) is 1.69. The summed E-state index contributed by atoms with van der Waals surface area (Å²) in [5.74, 6) is -0.118. The monoisotopic (exact) mass is 267 g/mol. The van der Waals surface area contributed by atoms with E-state index in [1.54, 1.807) is 12.1 Å². The highest BCUT2D eigenvalue weighted by Gasteiger charge is 2.18. The third kappa shape index (κ3) is 4.42. The number of primary amides is 1. The second kappa shape index (κ2) is 6.96. The Morgan fingerprint density at radius 2 is 2.21 bits per heavy atom. The fourth-order valence-corrected chi connectivity index (χ4v) is 1.69. The molecule has 0 aromatic heterocycles. The smallest absolute Gasteiger partial charge is 0.239 e. The molecular weight excluding hydrogens is 246 g/mol. The first-order valence-corrected chi connectivity index (χ1v) is 6.00. The van der Waals surface area contributed by atoms with E-state index in [9.17, 15) is 9.90 Å². The Labute approximate surface area is 113 Å². The first kappa shape index (κ1) is 15.3. The fraction of sp³-hybridized carbons (Fsp3) is 0.462. The number of rotatable bonds is 7. The lowest BCUT2D eigenvalue weighted by molar-refractivity contribution is -0.120. The molecule has 1 rings (SSSR count). The molecule has 1 aromatic carbocycles. The number of carbonyl (C=O) groups is 1. The minimum Gasteiger partial charge on any atom is -0.504 e. The molecule has 0 saturated heterocycles. The van der Waals surface area contributed by atoms with Crippen LogP contribution in [-0.2, 0) is 4.79 Å². The van der Waals surface area contributed by atoms with E-state index in [0.717, 1.165) is 6.54 Å². The third-order valence-corrected chi connectivity index (χ3v) is 2.73. The maximum absolute atomic E-state index is 11.5. The Balaban J connectivity index is 2.84. The number of ether oxygens (including phenoxy) is 1. The zero-order chi connectivity index (χ0) is 14.4. The number of likely N-dealkylation sites (N-methyl/N-ethyl adjacent to an activating group) is 1. The number of phenolic OH excluding ortho intramolecular Hbond substituents is 1. The van der Waals surface area contributed by atoms with Crippen molar-refractivity contribution in [3.05, 3.63) is 23.8 Å². The number of carbonyl (C=O) groups excluding carboxylic acids is 1. The zero-order valence-corrected chi connectivity index (χ0v) is 11.5. The Morgan fingerprint density at radius 1 is 1.53 bits per heavy atom. The number of nitrogens with two attached hydrogens (primary N) is 1.